The molecule has 1 aliphatic carbocycles. The number of benzene rings is 2. The average molecular weight is 417 g/mol. The van der Waals surface area contributed by atoms with Crippen LogP contribution in [0.15, 0.2) is 55.1 Å². The third kappa shape index (κ3) is 6.02. The predicted octanol–water partition coefficient (Wildman–Crippen LogP) is 5.46. The van der Waals surface area contributed by atoms with E-state index in [4.69, 9.17) is 0 Å². The molecular formula is C23H26F3N3O. The molecule has 160 valence electrons. The molecule has 3 rings (SSSR count). The Bertz CT molecular complexity index is 872. The Morgan fingerprint density at radius 1 is 1.00 bits per heavy atom. The summed E-state index contributed by atoms with van der Waals surface area (Å²) in [7, 11) is 0. The first-order valence-electron chi connectivity index (χ1n) is 10.1. The standard InChI is InChI=1S/C23H26F3N3O/c1-16(17-10-12-19(13-11-17)18-6-3-2-4-7-18)28-29-22(30)15-27-21-9-5-8-20(14-21)23(24,25)26/h5,8-14,18,27-28H,1-4,6-7,15H2,(H,29,30). The number of anilines is 1. The molecule has 3 N–H and O–H groups in total. The van der Waals surface area contributed by atoms with Crippen LogP contribution in [-0.4, -0.2) is 12.5 Å². The SMILES string of the molecule is C=C(NNC(=O)CNc1cccc(C(F)(F)F)c1)c1ccc(C2CCCCC2)cc1. The van der Waals surface area contributed by atoms with Gasteiger partial charge in [-0.3, -0.25) is 15.6 Å². The van der Waals surface area contributed by atoms with Gasteiger partial charge in [0.2, 0.25) is 0 Å². The summed E-state index contributed by atoms with van der Waals surface area (Å²) in [6.45, 7) is 3.75. The molecule has 7 heteroatoms. The van der Waals surface area contributed by atoms with Crippen molar-refractivity contribution in [2.24, 2.45) is 0 Å². The second-order valence-corrected chi connectivity index (χ2v) is 7.54. The number of hydrogen-bond acceptors (Lipinski definition) is 3. The maximum atomic E-state index is 12.7. The molecule has 2 aromatic carbocycles. The van der Waals surface area contributed by atoms with Gasteiger partial charge in [-0.15, -0.1) is 0 Å². The van der Waals surface area contributed by atoms with Crippen molar-refractivity contribution in [3.63, 3.8) is 0 Å². The van der Waals surface area contributed by atoms with Crippen molar-refractivity contribution in [2.75, 3.05) is 11.9 Å². The number of carbonyl (C=O) groups is 1. The van der Waals surface area contributed by atoms with E-state index >= 15 is 0 Å². The summed E-state index contributed by atoms with van der Waals surface area (Å²) in [6, 6.07) is 12.9. The fourth-order valence-corrected chi connectivity index (χ4v) is 3.64. The minimum atomic E-state index is -4.42. The number of halogens is 3. The highest BCUT2D eigenvalue weighted by molar-refractivity contribution is 5.81. The molecule has 1 fully saturated rings. The van der Waals surface area contributed by atoms with Gasteiger partial charge >= 0.3 is 6.18 Å². The van der Waals surface area contributed by atoms with Gasteiger partial charge in [-0.1, -0.05) is 56.2 Å². The summed E-state index contributed by atoms with van der Waals surface area (Å²) in [6.07, 6.45) is 1.91. The second-order valence-electron chi connectivity index (χ2n) is 7.54. The van der Waals surface area contributed by atoms with Crippen LogP contribution in [-0.2, 0) is 11.0 Å². The van der Waals surface area contributed by atoms with Crippen LogP contribution in [0, 0.1) is 0 Å². The molecule has 0 unspecified atom stereocenters. The number of nitrogens with one attached hydrogen (secondary N) is 3. The van der Waals surface area contributed by atoms with Crippen molar-refractivity contribution in [2.45, 2.75) is 44.2 Å². The van der Waals surface area contributed by atoms with Crippen LogP contribution >= 0.6 is 0 Å². The molecule has 0 bridgehead atoms. The Morgan fingerprint density at radius 3 is 2.37 bits per heavy atom. The molecule has 0 spiro atoms. The molecular weight excluding hydrogens is 391 g/mol. The van der Waals surface area contributed by atoms with Gasteiger partial charge in [0.15, 0.2) is 0 Å². The van der Waals surface area contributed by atoms with Crippen LogP contribution < -0.4 is 16.2 Å². The zero-order valence-corrected chi connectivity index (χ0v) is 16.7. The molecule has 0 radical (unpaired) electrons. The second kappa shape index (κ2) is 9.69. The zero-order valence-electron chi connectivity index (χ0n) is 16.7. The topological polar surface area (TPSA) is 53.2 Å². The van der Waals surface area contributed by atoms with Crippen molar-refractivity contribution < 1.29 is 18.0 Å². The number of carbonyl (C=O) groups excluding carboxylic acids is 1. The van der Waals surface area contributed by atoms with E-state index < -0.39 is 17.6 Å². The molecule has 1 aliphatic rings. The molecule has 0 aliphatic heterocycles. The summed E-state index contributed by atoms with van der Waals surface area (Å²) in [4.78, 5) is 12.0. The van der Waals surface area contributed by atoms with E-state index in [0.717, 1.165) is 17.7 Å². The molecule has 2 aromatic rings. The maximum Gasteiger partial charge on any atom is 0.416 e. The first-order chi connectivity index (χ1) is 14.3. The van der Waals surface area contributed by atoms with E-state index in [1.165, 1.54) is 49.8 Å². The van der Waals surface area contributed by atoms with Crippen LogP contribution in [0.2, 0.25) is 0 Å². The van der Waals surface area contributed by atoms with Crippen molar-refractivity contribution in [1.82, 2.24) is 10.9 Å². The van der Waals surface area contributed by atoms with Gasteiger partial charge in [0, 0.05) is 5.69 Å². The minimum absolute atomic E-state index is 0.178. The van der Waals surface area contributed by atoms with Crippen LogP contribution in [0.25, 0.3) is 5.70 Å². The van der Waals surface area contributed by atoms with Crippen LogP contribution in [0.3, 0.4) is 0 Å². The van der Waals surface area contributed by atoms with E-state index in [9.17, 15) is 18.0 Å². The summed E-state index contributed by atoms with van der Waals surface area (Å²) in [5.74, 6) is 0.197. The lowest BCUT2D eigenvalue weighted by Crippen LogP contribution is -2.39. The Kier molecular flexibility index (Phi) is 7.03. The Morgan fingerprint density at radius 2 is 1.70 bits per heavy atom. The maximum absolute atomic E-state index is 12.7. The van der Waals surface area contributed by atoms with Gasteiger partial charge in [-0.2, -0.15) is 13.2 Å². The van der Waals surface area contributed by atoms with E-state index in [2.05, 4.69) is 34.9 Å². The summed E-state index contributed by atoms with van der Waals surface area (Å²) < 4.78 is 38.2. The highest BCUT2D eigenvalue weighted by Crippen LogP contribution is 2.33. The lowest BCUT2D eigenvalue weighted by molar-refractivity contribution is -0.137. The average Bonchev–Trinajstić information content (AvgIpc) is 2.76. The monoisotopic (exact) mass is 417 g/mol. The van der Waals surface area contributed by atoms with E-state index in [-0.39, 0.29) is 12.2 Å². The number of amides is 1. The summed E-state index contributed by atoms with van der Waals surface area (Å²) in [5, 5.41) is 2.68. The third-order valence-corrected chi connectivity index (χ3v) is 5.33. The first-order valence-corrected chi connectivity index (χ1v) is 10.1. The van der Waals surface area contributed by atoms with Gasteiger partial charge in [0.05, 0.1) is 17.8 Å². The van der Waals surface area contributed by atoms with Gasteiger partial charge in [0.25, 0.3) is 5.91 Å². The van der Waals surface area contributed by atoms with Gasteiger partial charge in [-0.25, -0.2) is 0 Å². The summed E-state index contributed by atoms with van der Waals surface area (Å²) >= 11 is 0. The normalized spacial score (nSPS) is 14.8. The molecule has 0 heterocycles. The van der Waals surface area contributed by atoms with Crippen molar-refractivity contribution in [3.05, 3.63) is 71.8 Å². The smallest absolute Gasteiger partial charge is 0.376 e. The molecule has 30 heavy (non-hydrogen) atoms. The highest BCUT2D eigenvalue weighted by atomic mass is 19.4. The largest absolute Gasteiger partial charge is 0.416 e. The van der Waals surface area contributed by atoms with Crippen molar-refractivity contribution >= 4 is 17.3 Å². The molecule has 1 amide bonds. The first kappa shape index (κ1) is 21.7. The zero-order chi connectivity index (χ0) is 21.6. The van der Waals surface area contributed by atoms with Crippen LogP contribution in [0.4, 0.5) is 18.9 Å². The number of hydrogen-bond donors (Lipinski definition) is 3. The lowest BCUT2D eigenvalue weighted by Gasteiger charge is -2.22. The quantitative estimate of drug-likeness (QED) is 0.525. The Labute approximate surface area is 174 Å². The minimum Gasteiger partial charge on any atom is -0.376 e. The Balaban J connectivity index is 1.46. The van der Waals surface area contributed by atoms with Crippen molar-refractivity contribution in [3.8, 4) is 0 Å². The molecule has 0 aromatic heterocycles. The highest BCUT2D eigenvalue weighted by Gasteiger charge is 2.30. The van der Waals surface area contributed by atoms with Gasteiger partial charge < -0.3 is 5.32 Å². The fourth-order valence-electron chi connectivity index (χ4n) is 3.64. The molecule has 0 saturated heterocycles. The van der Waals surface area contributed by atoms with E-state index in [0.29, 0.717) is 11.6 Å². The Hall–Kier alpha value is -2.96. The number of hydrazine groups is 1. The fraction of sp³-hybridized carbons (Fsp3) is 0.348. The van der Waals surface area contributed by atoms with Gasteiger partial charge in [0.1, 0.15) is 0 Å². The summed E-state index contributed by atoms with van der Waals surface area (Å²) in [5.41, 5.74) is 7.44. The predicted molar refractivity (Wildman–Crippen MR) is 113 cm³/mol. The third-order valence-electron chi connectivity index (χ3n) is 5.33. The number of alkyl halides is 3. The molecule has 0 atom stereocenters. The van der Waals surface area contributed by atoms with Crippen LogP contribution in [0.5, 0.6) is 0 Å². The van der Waals surface area contributed by atoms with E-state index in [1.54, 1.807) is 0 Å². The number of rotatable bonds is 7. The molecule has 1 saturated carbocycles. The lowest BCUT2D eigenvalue weighted by atomic mass is 9.84. The van der Waals surface area contributed by atoms with Gasteiger partial charge in [-0.05, 0) is 48.1 Å². The van der Waals surface area contributed by atoms with Crippen molar-refractivity contribution in [1.29, 1.82) is 0 Å². The van der Waals surface area contributed by atoms with E-state index in [1.807, 2.05) is 12.1 Å². The molecule has 4 nitrogen and oxygen atoms in total. The van der Waals surface area contributed by atoms with Crippen LogP contribution in [0.1, 0.15) is 54.7 Å².